The highest BCUT2D eigenvalue weighted by molar-refractivity contribution is 7.12. The number of esters is 1. The molecule has 0 saturated heterocycles. The predicted octanol–water partition coefficient (Wildman–Crippen LogP) is 2.65. The van der Waals surface area contributed by atoms with E-state index in [4.69, 9.17) is 5.73 Å². The number of halogens is 2. The molecule has 110 valence electrons. The lowest BCUT2D eigenvalue weighted by Crippen LogP contribution is -2.18. The Bertz CT molecular complexity index is 715. The molecule has 1 aromatic heterocycles. The highest BCUT2D eigenvalue weighted by Crippen LogP contribution is 2.25. The van der Waals surface area contributed by atoms with E-state index in [-0.39, 0.29) is 16.3 Å². The third-order valence-electron chi connectivity index (χ3n) is 2.63. The highest BCUT2D eigenvalue weighted by Gasteiger charge is 2.22. The lowest BCUT2D eigenvalue weighted by molar-refractivity contribution is 0.0607. The van der Waals surface area contributed by atoms with Crippen molar-refractivity contribution in [3.05, 3.63) is 45.7 Å². The molecule has 0 aliphatic heterocycles. The summed E-state index contributed by atoms with van der Waals surface area (Å²) in [7, 11) is 1.19. The van der Waals surface area contributed by atoms with Crippen LogP contribution in [0.3, 0.4) is 0 Å². The van der Waals surface area contributed by atoms with E-state index in [0.29, 0.717) is 0 Å². The minimum Gasteiger partial charge on any atom is -0.465 e. The van der Waals surface area contributed by atoms with E-state index in [1.807, 2.05) is 0 Å². The van der Waals surface area contributed by atoms with Crippen molar-refractivity contribution in [2.75, 3.05) is 18.2 Å². The molecule has 3 N–H and O–H groups in total. The maximum atomic E-state index is 13.8. The summed E-state index contributed by atoms with van der Waals surface area (Å²) in [6.07, 6.45) is 0. The van der Waals surface area contributed by atoms with Crippen molar-refractivity contribution in [3.63, 3.8) is 0 Å². The lowest BCUT2D eigenvalue weighted by Gasteiger charge is -2.08. The standard InChI is InChI=1S/C13H10F2N2O3S/c1-20-13(19)11-8(4-5-21-11)17-12(18)9-6(14)2-3-7(16)10(9)15/h2-5H,16H2,1H3,(H,17,18). The zero-order valence-corrected chi connectivity index (χ0v) is 11.6. The van der Waals surface area contributed by atoms with E-state index in [1.165, 1.54) is 18.6 Å². The molecule has 0 saturated carbocycles. The molecule has 0 bridgehead atoms. The number of hydrogen-bond acceptors (Lipinski definition) is 5. The molecule has 0 unspecified atom stereocenters. The van der Waals surface area contributed by atoms with Gasteiger partial charge >= 0.3 is 5.97 Å². The molecule has 0 atom stereocenters. The molecule has 0 aliphatic rings. The SMILES string of the molecule is COC(=O)c1sccc1NC(=O)c1c(F)ccc(N)c1F. The van der Waals surface area contributed by atoms with Crippen LogP contribution in [0.15, 0.2) is 23.6 Å². The van der Waals surface area contributed by atoms with Crippen LogP contribution in [0.5, 0.6) is 0 Å². The van der Waals surface area contributed by atoms with Crippen molar-refractivity contribution in [1.82, 2.24) is 0 Å². The molecule has 1 aromatic carbocycles. The van der Waals surface area contributed by atoms with Crippen molar-refractivity contribution >= 4 is 34.6 Å². The average molecular weight is 312 g/mol. The monoisotopic (exact) mass is 312 g/mol. The number of amides is 1. The summed E-state index contributed by atoms with van der Waals surface area (Å²) in [6.45, 7) is 0. The summed E-state index contributed by atoms with van der Waals surface area (Å²) in [6, 6.07) is 3.34. The summed E-state index contributed by atoms with van der Waals surface area (Å²) in [5.41, 5.74) is 4.26. The van der Waals surface area contributed by atoms with Gasteiger partial charge in [-0.15, -0.1) is 11.3 Å². The van der Waals surface area contributed by atoms with Crippen LogP contribution in [0.25, 0.3) is 0 Å². The fraction of sp³-hybridized carbons (Fsp3) is 0.0769. The molecule has 0 aliphatic carbocycles. The summed E-state index contributed by atoms with van der Waals surface area (Å²) in [5, 5.41) is 3.80. The number of anilines is 2. The number of carbonyl (C=O) groups excluding carboxylic acids is 2. The number of thiophene rings is 1. The highest BCUT2D eigenvalue weighted by atomic mass is 32.1. The number of nitrogens with one attached hydrogen (secondary N) is 1. The summed E-state index contributed by atoms with van der Waals surface area (Å²) in [4.78, 5) is 23.6. The molecule has 2 aromatic rings. The zero-order chi connectivity index (χ0) is 15.6. The molecule has 5 nitrogen and oxygen atoms in total. The van der Waals surface area contributed by atoms with Crippen LogP contribution in [0.1, 0.15) is 20.0 Å². The van der Waals surface area contributed by atoms with E-state index in [1.54, 1.807) is 0 Å². The molecule has 1 amide bonds. The number of nitrogens with two attached hydrogens (primary N) is 1. The minimum absolute atomic E-state index is 0.109. The lowest BCUT2D eigenvalue weighted by atomic mass is 10.1. The van der Waals surface area contributed by atoms with Crippen molar-refractivity contribution in [1.29, 1.82) is 0 Å². The van der Waals surface area contributed by atoms with E-state index in [9.17, 15) is 18.4 Å². The maximum Gasteiger partial charge on any atom is 0.350 e. The van der Waals surface area contributed by atoms with Gasteiger partial charge in [0.2, 0.25) is 0 Å². The van der Waals surface area contributed by atoms with Crippen LogP contribution in [0.4, 0.5) is 20.2 Å². The Morgan fingerprint density at radius 3 is 2.67 bits per heavy atom. The average Bonchev–Trinajstić information content (AvgIpc) is 2.90. The quantitative estimate of drug-likeness (QED) is 0.674. The number of benzene rings is 1. The van der Waals surface area contributed by atoms with Crippen LogP contribution in [-0.2, 0) is 4.74 Å². The van der Waals surface area contributed by atoms with Gasteiger partial charge in [-0.1, -0.05) is 0 Å². The molecule has 8 heteroatoms. The van der Waals surface area contributed by atoms with Crippen LogP contribution in [-0.4, -0.2) is 19.0 Å². The summed E-state index contributed by atoms with van der Waals surface area (Å²) in [5.74, 6) is -3.90. The van der Waals surface area contributed by atoms with Crippen molar-refractivity contribution in [3.8, 4) is 0 Å². The van der Waals surface area contributed by atoms with Gasteiger partial charge in [-0.3, -0.25) is 4.79 Å². The molecular weight excluding hydrogens is 302 g/mol. The normalized spacial score (nSPS) is 10.2. The Kier molecular flexibility index (Phi) is 4.18. The van der Waals surface area contributed by atoms with Crippen LogP contribution < -0.4 is 11.1 Å². The van der Waals surface area contributed by atoms with Gasteiger partial charge in [0.15, 0.2) is 5.82 Å². The van der Waals surface area contributed by atoms with Gasteiger partial charge in [0.25, 0.3) is 5.91 Å². The Morgan fingerprint density at radius 1 is 1.29 bits per heavy atom. The van der Waals surface area contributed by atoms with Gasteiger partial charge in [0.05, 0.1) is 18.5 Å². The van der Waals surface area contributed by atoms with Crippen molar-refractivity contribution in [2.45, 2.75) is 0 Å². The zero-order valence-electron chi connectivity index (χ0n) is 10.8. The molecule has 0 fully saturated rings. The first-order valence-electron chi connectivity index (χ1n) is 5.66. The van der Waals surface area contributed by atoms with Gasteiger partial charge < -0.3 is 15.8 Å². The fourth-order valence-corrected chi connectivity index (χ4v) is 2.39. The first-order chi connectivity index (χ1) is 9.95. The number of methoxy groups -OCH3 is 1. The van der Waals surface area contributed by atoms with E-state index >= 15 is 0 Å². The topological polar surface area (TPSA) is 81.4 Å². The van der Waals surface area contributed by atoms with Gasteiger partial charge in [-0.05, 0) is 23.6 Å². The van der Waals surface area contributed by atoms with E-state index in [2.05, 4.69) is 10.1 Å². The molecular formula is C13H10F2N2O3S. The number of nitrogen functional groups attached to an aromatic ring is 1. The number of carbonyl (C=O) groups is 2. The maximum absolute atomic E-state index is 13.8. The van der Waals surface area contributed by atoms with E-state index < -0.39 is 29.1 Å². The van der Waals surface area contributed by atoms with Crippen molar-refractivity contribution in [2.24, 2.45) is 0 Å². The van der Waals surface area contributed by atoms with Gasteiger partial charge in [0.1, 0.15) is 16.3 Å². The second-order valence-electron chi connectivity index (χ2n) is 3.93. The molecule has 2 rings (SSSR count). The second-order valence-corrected chi connectivity index (χ2v) is 4.85. The Labute approximate surface area is 122 Å². The molecule has 21 heavy (non-hydrogen) atoms. The number of ether oxygens (including phenoxy) is 1. The van der Waals surface area contributed by atoms with Gasteiger partial charge in [0, 0.05) is 0 Å². The Morgan fingerprint density at radius 2 is 2.00 bits per heavy atom. The summed E-state index contributed by atoms with van der Waals surface area (Å²) < 4.78 is 31.9. The molecule has 0 spiro atoms. The minimum atomic E-state index is -1.15. The largest absolute Gasteiger partial charge is 0.465 e. The number of hydrogen-bond donors (Lipinski definition) is 2. The fourth-order valence-electron chi connectivity index (χ4n) is 1.62. The second kappa shape index (κ2) is 5.88. The van der Waals surface area contributed by atoms with Crippen LogP contribution in [0, 0.1) is 11.6 Å². The summed E-state index contributed by atoms with van der Waals surface area (Å²) >= 11 is 1.03. The molecule has 1 heterocycles. The third kappa shape index (κ3) is 2.84. The van der Waals surface area contributed by atoms with Gasteiger partial charge in [-0.25, -0.2) is 13.6 Å². The Hall–Kier alpha value is -2.48. The smallest absolute Gasteiger partial charge is 0.350 e. The number of rotatable bonds is 3. The third-order valence-corrected chi connectivity index (χ3v) is 3.53. The molecule has 0 radical (unpaired) electrons. The van der Waals surface area contributed by atoms with Crippen LogP contribution in [0.2, 0.25) is 0 Å². The first-order valence-corrected chi connectivity index (χ1v) is 6.54. The van der Waals surface area contributed by atoms with E-state index in [0.717, 1.165) is 23.5 Å². The first kappa shape index (κ1) is 14.9. The van der Waals surface area contributed by atoms with Crippen LogP contribution >= 0.6 is 11.3 Å². The Balaban J connectivity index is 2.34. The van der Waals surface area contributed by atoms with Crippen molar-refractivity contribution < 1.29 is 23.1 Å². The van der Waals surface area contributed by atoms with Gasteiger partial charge in [-0.2, -0.15) is 0 Å². The predicted molar refractivity (Wildman–Crippen MR) is 74.4 cm³/mol.